The van der Waals surface area contributed by atoms with Gasteiger partial charge in [-0.05, 0) is 57.3 Å². The SMILES string of the molecule is CN(C)CC(C)(C)CN1C(=O)N(c2ccccc2Cl)Cc2cnc(NC3CCC(O)CC3)nc21. The number of hydrogen-bond acceptors (Lipinski definition) is 6. The number of rotatable bonds is 7. The molecule has 0 radical (unpaired) electrons. The highest BCUT2D eigenvalue weighted by Crippen LogP contribution is 2.36. The van der Waals surface area contributed by atoms with Crippen LogP contribution < -0.4 is 15.1 Å². The summed E-state index contributed by atoms with van der Waals surface area (Å²) in [5.74, 6) is 1.17. The molecule has 1 aliphatic heterocycles. The van der Waals surface area contributed by atoms with Crippen LogP contribution >= 0.6 is 11.6 Å². The smallest absolute Gasteiger partial charge is 0.330 e. The van der Waals surface area contributed by atoms with E-state index >= 15 is 0 Å². The standard InChI is InChI=1S/C25H35ClN6O2/c1-25(2,15-30(3)4)16-32-22-17(14-31(24(32)34)21-8-6-5-7-20(21)26)13-27-23(29-22)28-18-9-11-19(33)12-10-18/h5-8,13,18-19,33H,9-12,14-16H2,1-4H3,(H,27,28,29). The summed E-state index contributed by atoms with van der Waals surface area (Å²) < 4.78 is 0. The van der Waals surface area contributed by atoms with E-state index in [2.05, 4.69) is 29.0 Å². The van der Waals surface area contributed by atoms with E-state index in [4.69, 9.17) is 16.6 Å². The molecule has 1 saturated carbocycles. The zero-order valence-electron chi connectivity index (χ0n) is 20.5. The Balaban J connectivity index is 1.66. The lowest BCUT2D eigenvalue weighted by Crippen LogP contribution is -2.52. The molecule has 0 bridgehead atoms. The number of para-hydroxylation sites is 1. The van der Waals surface area contributed by atoms with Crippen LogP contribution in [0.4, 0.5) is 22.2 Å². The number of aliphatic hydroxyl groups is 1. The number of halogens is 1. The Labute approximate surface area is 206 Å². The Hall–Kier alpha value is -2.42. The van der Waals surface area contributed by atoms with Gasteiger partial charge in [0.15, 0.2) is 0 Å². The molecule has 2 N–H and O–H groups in total. The largest absolute Gasteiger partial charge is 0.393 e. The lowest BCUT2D eigenvalue weighted by molar-refractivity contribution is 0.126. The summed E-state index contributed by atoms with van der Waals surface area (Å²) >= 11 is 6.47. The number of nitrogens with one attached hydrogen (secondary N) is 1. The molecule has 9 heteroatoms. The van der Waals surface area contributed by atoms with Gasteiger partial charge in [-0.25, -0.2) is 9.78 Å². The molecule has 0 atom stereocenters. The van der Waals surface area contributed by atoms with Crippen molar-refractivity contribution in [1.29, 1.82) is 0 Å². The summed E-state index contributed by atoms with van der Waals surface area (Å²) in [6.45, 7) is 5.99. The molecule has 1 aliphatic carbocycles. The van der Waals surface area contributed by atoms with Crippen LogP contribution in [0.3, 0.4) is 0 Å². The summed E-state index contributed by atoms with van der Waals surface area (Å²) in [5, 5.41) is 13.8. The fraction of sp³-hybridized carbons (Fsp3) is 0.560. The Bertz CT molecular complexity index is 1020. The maximum absolute atomic E-state index is 13.8. The average Bonchev–Trinajstić information content (AvgIpc) is 2.77. The first-order valence-electron chi connectivity index (χ1n) is 11.9. The van der Waals surface area contributed by atoms with Crippen LogP contribution in [0.2, 0.25) is 5.02 Å². The number of benzene rings is 1. The number of amides is 2. The van der Waals surface area contributed by atoms with Crippen molar-refractivity contribution in [2.45, 2.75) is 58.2 Å². The van der Waals surface area contributed by atoms with Crippen LogP contribution in [0.1, 0.15) is 45.1 Å². The van der Waals surface area contributed by atoms with Gasteiger partial charge < -0.3 is 15.3 Å². The number of anilines is 3. The minimum absolute atomic E-state index is 0.141. The predicted octanol–water partition coefficient (Wildman–Crippen LogP) is 4.38. The summed E-state index contributed by atoms with van der Waals surface area (Å²) in [6.07, 6.45) is 4.90. The quantitative estimate of drug-likeness (QED) is 0.604. The van der Waals surface area contributed by atoms with E-state index in [1.807, 2.05) is 38.5 Å². The third-order valence-electron chi connectivity index (χ3n) is 6.39. The number of carbonyl (C=O) groups excluding carboxylic acids is 1. The molecule has 2 aliphatic rings. The maximum Gasteiger partial charge on any atom is 0.330 e. The second kappa shape index (κ2) is 10.1. The highest BCUT2D eigenvalue weighted by atomic mass is 35.5. The van der Waals surface area contributed by atoms with Crippen molar-refractivity contribution < 1.29 is 9.90 Å². The van der Waals surface area contributed by atoms with Crippen LogP contribution in [-0.4, -0.2) is 65.3 Å². The van der Waals surface area contributed by atoms with Crippen LogP contribution in [0.5, 0.6) is 0 Å². The highest BCUT2D eigenvalue weighted by molar-refractivity contribution is 6.34. The van der Waals surface area contributed by atoms with Gasteiger partial charge in [-0.3, -0.25) is 9.80 Å². The number of urea groups is 1. The first-order valence-corrected chi connectivity index (χ1v) is 12.3. The topological polar surface area (TPSA) is 84.8 Å². The van der Waals surface area contributed by atoms with E-state index in [1.54, 1.807) is 15.9 Å². The van der Waals surface area contributed by atoms with Gasteiger partial charge in [0.2, 0.25) is 5.95 Å². The average molecular weight is 487 g/mol. The first kappa shape index (κ1) is 24.7. The minimum Gasteiger partial charge on any atom is -0.393 e. The second-order valence-electron chi connectivity index (χ2n) is 10.5. The summed E-state index contributed by atoms with van der Waals surface area (Å²) in [6, 6.07) is 7.48. The second-order valence-corrected chi connectivity index (χ2v) is 10.9. The Morgan fingerprint density at radius 3 is 2.59 bits per heavy atom. The van der Waals surface area contributed by atoms with Gasteiger partial charge in [0.05, 0.1) is 23.4 Å². The lowest BCUT2D eigenvalue weighted by atomic mass is 9.91. The van der Waals surface area contributed by atoms with E-state index in [9.17, 15) is 9.90 Å². The van der Waals surface area contributed by atoms with Gasteiger partial charge in [0.1, 0.15) is 5.82 Å². The Morgan fingerprint density at radius 1 is 1.21 bits per heavy atom. The number of carbonyl (C=O) groups is 1. The summed E-state index contributed by atoms with van der Waals surface area (Å²) in [7, 11) is 4.07. The zero-order valence-corrected chi connectivity index (χ0v) is 21.2. The molecule has 1 fully saturated rings. The van der Waals surface area contributed by atoms with E-state index in [-0.39, 0.29) is 23.6 Å². The monoisotopic (exact) mass is 486 g/mol. The van der Waals surface area contributed by atoms with Crippen molar-refractivity contribution in [3.63, 3.8) is 0 Å². The number of aromatic nitrogens is 2. The lowest BCUT2D eigenvalue weighted by Gasteiger charge is -2.40. The predicted molar refractivity (Wildman–Crippen MR) is 137 cm³/mol. The molecule has 184 valence electrons. The van der Waals surface area contributed by atoms with Gasteiger partial charge in [-0.1, -0.05) is 37.6 Å². The van der Waals surface area contributed by atoms with Crippen molar-refractivity contribution in [2.24, 2.45) is 5.41 Å². The van der Waals surface area contributed by atoms with Gasteiger partial charge in [0, 0.05) is 30.9 Å². The van der Waals surface area contributed by atoms with E-state index < -0.39 is 0 Å². The number of nitrogens with zero attached hydrogens (tertiary/aromatic N) is 5. The van der Waals surface area contributed by atoms with Crippen molar-refractivity contribution >= 4 is 35.1 Å². The third kappa shape index (κ3) is 5.62. The molecule has 2 heterocycles. The molecule has 1 aromatic carbocycles. The molecule has 34 heavy (non-hydrogen) atoms. The maximum atomic E-state index is 13.8. The molecule has 0 unspecified atom stereocenters. The molecule has 4 rings (SSSR count). The molecular formula is C25H35ClN6O2. The van der Waals surface area contributed by atoms with Gasteiger partial charge in [-0.2, -0.15) is 4.98 Å². The Morgan fingerprint density at radius 2 is 1.91 bits per heavy atom. The van der Waals surface area contributed by atoms with Crippen molar-refractivity contribution in [3.05, 3.63) is 41.0 Å². The molecule has 2 amide bonds. The van der Waals surface area contributed by atoms with Gasteiger partial charge in [0.25, 0.3) is 0 Å². The molecular weight excluding hydrogens is 452 g/mol. The van der Waals surface area contributed by atoms with Gasteiger partial charge >= 0.3 is 6.03 Å². The number of aliphatic hydroxyl groups excluding tert-OH is 1. The third-order valence-corrected chi connectivity index (χ3v) is 6.71. The molecule has 8 nitrogen and oxygen atoms in total. The number of fused-ring (bicyclic) bond motifs is 1. The van der Waals surface area contributed by atoms with E-state index in [1.165, 1.54) is 0 Å². The van der Waals surface area contributed by atoms with E-state index in [0.29, 0.717) is 35.6 Å². The van der Waals surface area contributed by atoms with Crippen molar-refractivity contribution in [1.82, 2.24) is 14.9 Å². The molecule has 1 aromatic heterocycles. The molecule has 0 spiro atoms. The first-order chi connectivity index (χ1) is 16.1. The van der Waals surface area contributed by atoms with Crippen LogP contribution in [0, 0.1) is 5.41 Å². The van der Waals surface area contributed by atoms with Crippen molar-refractivity contribution in [3.8, 4) is 0 Å². The number of hydrogen-bond donors (Lipinski definition) is 2. The minimum atomic E-state index is -0.217. The summed E-state index contributed by atoms with van der Waals surface area (Å²) in [5.41, 5.74) is 1.39. The van der Waals surface area contributed by atoms with Crippen molar-refractivity contribution in [2.75, 3.05) is 42.3 Å². The fourth-order valence-corrected chi connectivity index (χ4v) is 5.26. The van der Waals surface area contributed by atoms with Crippen LogP contribution in [-0.2, 0) is 6.54 Å². The van der Waals surface area contributed by atoms with Crippen LogP contribution in [0.15, 0.2) is 30.5 Å². The molecule has 2 aromatic rings. The van der Waals surface area contributed by atoms with Crippen LogP contribution in [0.25, 0.3) is 0 Å². The fourth-order valence-electron chi connectivity index (χ4n) is 5.03. The normalized spacial score (nSPS) is 21.1. The Kier molecular flexibility index (Phi) is 7.31. The highest BCUT2D eigenvalue weighted by Gasteiger charge is 2.37. The molecule has 0 saturated heterocycles. The van der Waals surface area contributed by atoms with Gasteiger partial charge in [-0.15, -0.1) is 0 Å². The van der Waals surface area contributed by atoms with E-state index in [0.717, 1.165) is 37.8 Å². The summed E-state index contributed by atoms with van der Waals surface area (Å²) in [4.78, 5) is 28.8. The zero-order chi connectivity index (χ0) is 24.5.